The first-order valence-corrected chi connectivity index (χ1v) is 9.90. The van der Waals surface area contributed by atoms with Crippen LogP contribution in [0.2, 0.25) is 0 Å². The number of nitrogens with zero attached hydrogens (tertiary/aromatic N) is 1. The Bertz CT molecular complexity index is 846. The van der Waals surface area contributed by atoms with Crippen LogP contribution in [0.1, 0.15) is 61.8 Å². The second-order valence-electron chi connectivity index (χ2n) is 8.07. The quantitative estimate of drug-likeness (QED) is 0.638. The Balaban J connectivity index is 1.94. The van der Waals surface area contributed by atoms with Crippen molar-refractivity contribution >= 4 is 11.7 Å². The standard InChI is InChI=1S/C23H26F3NO2/c1-15(2)18-4-3-5-20(14-18)27-11-10-16(13-22(28)29)12-21(27)17-6-8-19(9-7-17)23(24,25)26/h3-9,14-16,21H,10-13H2,1-2H3,(H,28,29)/t16-,21+/m0/s1. The number of alkyl halides is 3. The highest BCUT2D eigenvalue weighted by molar-refractivity contribution is 5.67. The Morgan fingerprint density at radius 3 is 2.45 bits per heavy atom. The van der Waals surface area contributed by atoms with E-state index in [0.717, 1.165) is 29.8 Å². The minimum atomic E-state index is -4.37. The molecule has 2 aromatic rings. The molecule has 3 nitrogen and oxygen atoms in total. The van der Waals surface area contributed by atoms with Crippen LogP contribution in [0.15, 0.2) is 48.5 Å². The molecule has 6 heteroatoms. The van der Waals surface area contributed by atoms with Crippen LogP contribution in [0, 0.1) is 5.92 Å². The lowest BCUT2D eigenvalue weighted by molar-refractivity contribution is -0.139. The summed E-state index contributed by atoms with van der Waals surface area (Å²) in [5.74, 6) is -0.468. The van der Waals surface area contributed by atoms with E-state index in [1.807, 2.05) is 12.1 Å². The third kappa shape index (κ3) is 5.11. The summed E-state index contributed by atoms with van der Waals surface area (Å²) >= 11 is 0. The van der Waals surface area contributed by atoms with Gasteiger partial charge in [0.25, 0.3) is 0 Å². The van der Waals surface area contributed by atoms with E-state index in [9.17, 15) is 23.1 Å². The van der Waals surface area contributed by atoms with Crippen molar-refractivity contribution in [3.05, 3.63) is 65.2 Å². The Labute approximate surface area is 169 Å². The van der Waals surface area contributed by atoms with E-state index in [1.54, 1.807) is 0 Å². The van der Waals surface area contributed by atoms with Crippen molar-refractivity contribution in [3.63, 3.8) is 0 Å². The summed E-state index contributed by atoms with van der Waals surface area (Å²) in [4.78, 5) is 13.4. The zero-order chi connectivity index (χ0) is 21.2. The van der Waals surface area contributed by atoms with E-state index >= 15 is 0 Å². The predicted molar refractivity (Wildman–Crippen MR) is 107 cm³/mol. The third-order valence-electron chi connectivity index (χ3n) is 5.67. The van der Waals surface area contributed by atoms with Gasteiger partial charge in [0.05, 0.1) is 11.6 Å². The van der Waals surface area contributed by atoms with E-state index in [-0.39, 0.29) is 18.4 Å². The van der Waals surface area contributed by atoms with Crippen molar-refractivity contribution in [1.29, 1.82) is 0 Å². The molecule has 1 fully saturated rings. The number of anilines is 1. The lowest BCUT2D eigenvalue weighted by Crippen LogP contribution is -2.37. The highest BCUT2D eigenvalue weighted by atomic mass is 19.4. The predicted octanol–water partition coefficient (Wildman–Crippen LogP) is 6.26. The average molecular weight is 405 g/mol. The summed E-state index contributed by atoms with van der Waals surface area (Å²) in [5, 5.41) is 9.19. The number of halogens is 3. The summed E-state index contributed by atoms with van der Waals surface area (Å²) in [6.07, 6.45) is -2.95. The molecule has 1 aliphatic rings. The van der Waals surface area contributed by atoms with Crippen LogP contribution in [-0.2, 0) is 11.0 Å². The van der Waals surface area contributed by atoms with Gasteiger partial charge in [-0.05, 0) is 60.1 Å². The molecule has 0 amide bonds. The molecule has 0 aromatic heterocycles. The normalized spacial score (nSPS) is 20.1. The number of carboxylic acids is 1. The number of hydrogen-bond donors (Lipinski definition) is 1. The van der Waals surface area contributed by atoms with Gasteiger partial charge in [-0.25, -0.2) is 0 Å². The summed E-state index contributed by atoms with van der Waals surface area (Å²) < 4.78 is 38.9. The molecular weight excluding hydrogens is 379 g/mol. The van der Waals surface area contributed by atoms with Crippen LogP contribution in [0.5, 0.6) is 0 Å². The molecule has 29 heavy (non-hydrogen) atoms. The van der Waals surface area contributed by atoms with Crippen LogP contribution >= 0.6 is 0 Å². The zero-order valence-corrected chi connectivity index (χ0v) is 16.6. The maximum Gasteiger partial charge on any atom is 0.416 e. The van der Waals surface area contributed by atoms with Crippen molar-refractivity contribution in [2.24, 2.45) is 5.92 Å². The molecule has 0 aliphatic carbocycles. The number of carboxylic acid groups (broad SMARTS) is 1. The van der Waals surface area contributed by atoms with Gasteiger partial charge in [0.1, 0.15) is 0 Å². The highest BCUT2D eigenvalue weighted by Gasteiger charge is 2.33. The Hall–Kier alpha value is -2.50. The lowest BCUT2D eigenvalue weighted by atomic mass is 9.84. The van der Waals surface area contributed by atoms with E-state index < -0.39 is 17.7 Å². The molecule has 156 valence electrons. The maximum absolute atomic E-state index is 13.0. The molecule has 0 unspecified atom stereocenters. The first kappa shape index (κ1) is 21.2. The molecule has 1 aliphatic heterocycles. The molecule has 0 radical (unpaired) electrons. The van der Waals surface area contributed by atoms with Crippen molar-refractivity contribution in [1.82, 2.24) is 0 Å². The third-order valence-corrected chi connectivity index (χ3v) is 5.67. The summed E-state index contributed by atoms with van der Waals surface area (Å²) in [7, 11) is 0. The number of aliphatic carboxylic acids is 1. The van der Waals surface area contributed by atoms with Gasteiger partial charge >= 0.3 is 12.1 Å². The first-order valence-electron chi connectivity index (χ1n) is 9.90. The molecule has 1 heterocycles. The minimum absolute atomic E-state index is 0.00400. The topological polar surface area (TPSA) is 40.5 Å². The maximum atomic E-state index is 13.0. The molecule has 3 rings (SSSR count). The fourth-order valence-corrected chi connectivity index (χ4v) is 4.05. The van der Waals surface area contributed by atoms with Crippen LogP contribution in [0.3, 0.4) is 0 Å². The second-order valence-corrected chi connectivity index (χ2v) is 8.07. The van der Waals surface area contributed by atoms with Crippen LogP contribution < -0.4 is 4.90 Å². The van der Waals surface area contributed by atoms with Crippen molar-refractivity contribution in [3.8, 4) is 0 Å². The van der Waals surface area contributed by atoms with Crippen LogP contribution in [0.25, 0.3) is 0 Å². The van der Waals surface area contributed by atoms with Gasteiger partial charge < -0.3 is 10.0 Å². The fourth-order valence-electron chi connectivity index (χ4n) is 4.05. The monoisotopic (exact) mass is 405 g/mol. The molecule has 0 spiro atoms. The van der Waals surface area contributed by atoms with Gasteiger partial charge in [0.15, 0.2) is 0 Å². The van der Waals surface area contributed by atoms with Gasteiger partial charge in [-0.2, -0.15) is 13.2 Å². The Morgan fingerprint density at radius 2 is 1.86 bits per heavy atom. The highest BCUT2D eigenvalue weighted by Crippen LogP contribution is 2.40. The number of carbonyl (C=O) groups is 1. The van der Waals surface area contributed by atoms with Crippen molar-refractivity contribution in [2.45, 2.75) is 51.2 Å². The van der Waals surface area contributed by atoms with Crippen molar-refractivity contribution in [2.75, 3.05) is 11.4 Å². The van der Waals surface area contributed by atoms with Gasteiger partial charge in [-0.3, -0.25) is 4.79 Å². The molecule has 2 aromatic carbocycles. The van der Waals surface area contributed by atoms with Gasteiger partial charge in [0.2, 0.25) is 0 Å². The summed E-state index contributed by atoms with van der Waals surface area (Å²) in [6.45, 7) is 4.91. The minimum Gasteiger partial charge on any atom is -0.481 e. The van der Waals surface area contributed by atoms with E-state index in [1.165, 1.54) is 17.7 Å². The second kappa shape index (κ2) is 8.47. The van der Waals surface area contributed by atoms with Gasteiger partial charge in [-0.15, -0.1) is 0 Å². The molecule has 1 N–H and O–H groups in total. The number of piperidine rings is 1. The number of hydrogen-bond acceptors (Lipinski definition) is 2. The first-order chi connectivity index (χ1) is 13.6. The lowest BCUT2D eigenvalue weighted by Gasteiger charge is -2.41. The molecule has 0 saturated carbocycles. The van der Waals surface area contributed by atoms with Crippen molar-refractivity contribution < 1.29 is 23.1 Å². The molecular formula is C23H26F3NO2. The largest absolute Gasteiger partial charge is 0.481 e. The number of rotatable bonds is 5. The van der Waals surface area contributed by atoms with E-state index in [0.29, 0.717) is 18.9 Å². The molecule has 1 saturated heterocycles. The Morgan fingerprint density at radius 1 is 1.17 bits per heavy atom. The van der Waals surface area contributed by atoms with E-state index in [2.05, 4.69) is 30.9 Å². The smallest absolute Gasteiger partial charge is 0.416 e. The zero-order valence-electron chi connectivity index (χ0n) is 16.6. The van der Waals surface area contributed by atoms with E-state index in [4.69, 9.17) is 0 Å². The molecule has 2 atom stereocenters. The molecule has 0 bridgehead atoms. The van der Waals surface area contributed by atoms with Gasteiger partial charge in [0, 0.05) is 18.7 Å². The van der Waals surface area contributed by atoms with Crippen LogP contribution in [0.4, 0.5) is 18.9 Å². The SMILES string of the molecule is CC(C)c1cccc(N2CC[C@H](CC(=O)O)C[C@@H]2c2ccc(C(F)(F)F)cc2)c1. The van der Waals surface area contributed by atoms with Gasteiger partial charge in [-0.1, -0.05) is 38.1 Å². The summed E-state index contributed by atoms with van der Waals surface area (Å²) in [6, 6.07) is 13.3. The average Bonchev–Trinajstić information content (AvgIpc) is 2.67. The van der Waals surface area contributed by atoms with Crippen LogP contribution in [-0.4, -0.2) is 17.6 Å². The fraction of sp³-hybridized carbons (Fsp3) is 0.435. The number of benzene rings is 2. The Kier molecular flexibility index (Phi) is 6.20. The summed E-state index contributed by atoms with van der Waals surface area (Å²) in [5.41, 5.74) is 2.33.